The predicted octanol–water partition coefficient (Wildman–Crippen LogP) is 2.96. The molecule has 1 fully saturated rings. The van der Waals surface area contributed by atoms with Gasteiger partial charge in [-0.05, 0) is 36.4 Å². The molecular weight excluding hydrogens is 368 g/mol. The summed E-state index contributed by atoms with van der Waals surface area (Å²) in [5.74, 6) is 0.969. The van der Waals surface area contributed by atoms with Crippen LogP contribution >= 0.6 is 11.6 Å². The van der Waals surface area contributed by atoms with Crippen molar-refractivity contribution in [1.29, 1.82) is 0 Å². The number of hydrogen-bond acceptors (Lipinski definition) is 4. The molecule has 7 heteroatoms. The molecule has 0 atom stereocenters. The van der Waals surface area contributed by atoms with E-state index in [-0.39, 0.29) is 11.8 Å². The molecule has 0 bridgehead atoms. The molecule has 1 aliphatic rings. The van der Waals surface area contributed by atoms with Crippen molar-refractivity contribution < 1.29 is 19.1 Å². The lowest BCUT2D eigenvalue weighted by Gasteiger charge is -2.35. The Hall–Kier alpha value is -2.73. The van der Waals surface area contributed by atoms with Gasteiger partial charge < -0.3 is 19.3 Å². The van der Waals surface area contributed by atoms with Gasteiger partial charge in [0.05, 0.1) is 14.2 Å². The summed E-state index contributed by atoms with van der Waals surface area (Å²) < 4.78 is 10.5. The van der Waals surface area contributed by atoms with Gasteiger partial charge in [0.25, 0.3) is 11.8 Å². The Balaban J connectivity index is 1.66. The molecule has 0 saturated carbocycles. The first-order chi connectivity index (χ1) is 13.0. The number of halogens is 1. The van der Waals surface area contributed by atoms with Crippen molar-refractivity contribution in [3.63, 3.8) is 0 Å². The zero-order valence-corrected chi connectivity index (χ0v) is 16.0. The number of methoxy groups -OCH3 is 2. The number of carbonyl (C=O) groups excluding carboxylic acids is 2. The minimum atomic E-state index is -0.106. The minimum Gasteiger partial charge on any atom is -0.497 e. The molecule has 1 saturated heterocycles. The zero-order valence-electron chi connectivity index (χ0n) is 15.3. The molecular formula is C20H21ClN2O4. The molecule has 0 radical (unpaired) electrons. The molecule has 0 aromatic heterocycles. The van der Waals surface area contributed by atoms with Gasteiger partial charge in [-0.1, -0.05) is 11.6 Å². The Bertz CT molecular complexity index is 808. The van der Waals surface area contributed by atoms with Crippen LogP contribution in [0, 0.1) is 0 Å². The number of nitrogens with zero attached hydrogens (tertiary/aromatic N) is 2. The van der Waals surface area contributed by atoms with Crippen molar-refractivity contribution in [2.75, 3.05) is 40.4 Å². The van der Waals surface area contributed by atoms with Gasteiger partial charge in [-0.3, -0.25) is 9.59 Å². The van der Waals surface area contributed by atoms with Crippen molar-refractivity contribution >= 4 is 23.4 Å². The number of hydrogen-bond donors (Lipinski definition) is 0. The van der Waals surface area contributed by atoms with Crippen LogP contribution < -0.4 is 9.47 Å². The van der Waals surface area contributed by atoms with Crippen LogP contribution in [0.3, 0.4) is 0 Å². The average molecular weight is 389 g/mol. The maximum absolute atomic E-state index is 12.8. The fourth-order valence-corrected chi connectivity index (χ4v) is 3.13. The van der Waals surface area contributed by atoms with Crippen LogP contribution in [0.1, 0.15) is 20.7 Å². The van der Waals surface area contributed by atoms with Gasteiger partial charge in [0.1, 0.15) is 11.5 Å². The third-order valence-electron chi connectivity index (χ3n) is 4.54. The largest absolute Gasteiger partial charge is 0.497 e. The van der Waals surface area contributed by atoms with Gasteiger partial charge in [-0.25, -0.2) is 0 Å². The van der Waals surface area contributed by atoms with E-state index in [1.54, 1.807) is 66.5 Å². The van der Waals surface area contributed by atoms with E-state index in [0.29, 0.717) is 53.8 Å². The maximum atomic E-state index is 12.8. The first kappa shape index (κ1) is 19.0. The fourth-order valence-electron chi connectivity index (χ4n) is 3.00. The highest BCUT2D eigenvalue weighted by molar-refractivity contribution is 6.30. The van der Waals surface area contributed by atoms with Crippen molar-refractivity contribution in [2.45, 2.75) is 0 Å². The maximum Gasteiger partial charge on any atom is 0.254 e. The van der Waals surface area contributed by atoms with E-state index in [9.17, 15) is 9.59 Å². The zero-order chi connectivity index (χ0) is 19.4. The second kappa shape index (κ2) is 8.31. The molecule has 27 heavy (non-hydrogen) atoms. The summed E-state index contributed by atoms with van der Waals surface area (Å²) in [5.41, 5.74) is 1.10. The summed E-state index contributed by atoms with van der Waals surface area (Å²) in [4.78, 5) is 28.9. The summed E-state index contributed by atoms with van der Waals surface area (Å²) >= 11 is 5.87. The predicted molar refractivity (Wildman–Crippen MR) is 103 cm³/mol. The Morgan fingerprint density at radius 1 is 0.778 bits per heavy atom. The van der Waals surface area contributed by atoms with Crippen LogP contribution in [0.15, 0.2) is 42.5 Å². The van der Waals surface area contributed by atoms with E-state index in [0.717, 1.165) is 0 Å². The van der Waals surface area contributed by atoms with Crippen LogP contribution in [-0.4, -0.2) is 62.0 Å². The fraction of sp³-hybridized carbons (Fsp3) is 0.300. The van der Waals surface area contributed by atoms with Crippen LogP contribution in [-0.2, 0) is 0 Å². The molecule has 142 valence electrons. The van der Waals surface area contributed by atoms with E-state index in [4.69, 9.17) is 21.1 Å². The summed E-state index contributed by atoms with van der Waals surface area (Å²) in [6, 6.07) is 11.9. The highest BCUT2D eigenvalue weighted by Gasteiger charge is 2.26. The second-order valence-corrected chi connectivity index (χ2v) is 6.63. The molecule has 0 aliphatic carbocycles. The van der Waals surface area contributed by atoms with Crippen LogP contribution in [0.4, 0.5) is 0 Å². The van der Waals surface area contributed by atoms with Crippen molar-refractivity contribution in [3.05, 3.63) is 58.6 Å². The van der Waals surface area contributed by atoms with Crippen LogP contribution in [0.25, 0.3) is 0 Å². The lowest BCUT2D eigenvalue weighted by molar-refractivity contribution is 0.0535. The lowest BCUT2D eigenvalue weighted by Crippen LogP contribution is -2.50. The molecule has 2 aromatic carbocycles. The van der Waals surface area contributed by atoms with E-state index >= 15 is 0 Å². The Kier molecular flexibility index (Phi) is 5.86. The molecule has 3 rings (SSSR count). The summed E-state index contributed by atoms with van der Waals surface area (Å²) in [7, 11) is 3.09. The number of rotatable bonds is 4. The van der Waals surface area contributed by atoms with Crippen molar-refractivity contribution in [1.82, 2.24) is 9.80 Å². The summed E-state index contributed by atoms with van der Waals surface area (Å²) in [5, 5.41) is 0.593. The molecule has 0 N–H and O–H groups in total. The molecule has 1 aliphatic heterocycles. The second-order valence-electron chi connectivity index (χ2n) is 6.19. The topological polar surface area (TPSA) is 59.1 Å². The van der Waals surface area contributed by atoms with Crippen molar-refractivity contribution in [3.8, 4) is 11.5 Å². The number of benzene rings is 2. The molecule has 6 nitrogen and oxygen atoms in total. The van der Waals surface area contributed by atoms with Crippen molar-refractivity contribution in [2.24, 2.45) is 0 Å². The molecule has 2 amide bonds. The number of piperazine rings is 1. The first-order valence-corrected chi connectivity index (χ1v) is 8.97. The average Bonchev–Trinajstić information content (AvgIpc) is 2.73. The SMILES string of the molecule is COc1cc(OC)cc(C(=O)N2CCN(C(=O)c3ccc(Cl)cc3)CC2)c1. The van der Waals surface area contributed by atoms with E-state index in [2.05, 4.69) is 0 Å². The van der Waals surface area contributed by atoms with Crippen LogP contribution in [0.2, 0.25) is 5.02 Å². The summed E-state index contributed by atoms with van der Waals surface area (Å²) in [6.45, 7) is 1.90. The number of amides is 2. The molecule has 0 spiro atoms. The van der Waals surface area contributed by atoms with E-state index < -0.39 is 0 Å². The van der Waals surface area contributed by atoms with Gasteiger partial charge in [0.15, 0.2) is 0 Å². The monoisotopic (exact) mass is 388 g/mol. The van der Waals surface area contributed by atoms with Gasteiger partial charge in [0, 0.05) is 48.4 Å². The molecule has 1 heterocycles. The quantitative estimate of drug-likeness (QED) is 0.808. The third kappa shape index (κ3) is 4.34. The highest BCUT2D eigenvalue weighted by atomic mass is 35.5. The Morgan fingerprint density at radius 2 is 1.22 bits per heavy atom. The highest BCUT2D eigenvalue weighted by Crippen LogP contribution is 2.24. The first-order valence-electron chi connectivity index (χ1n) is 8.59. The standard InChI is InChI=1S/C20H21ClN2O4/c1-26-17-11-15(12-18(13-17)27-2)20(25)23-9-7-22(8-10-23)19(24)14-3-5-16(21)6-4-14/h3-6,11-13H,7-10H2,1-2H3. The smallest absolute Gasteiger partial charge is 0.254 e. The van der Waals surface area contributed by atoms with Gasteiger partial charge >= 0.3 is 0 Å². The van der Waals surface area contributed by atoms with Crippen LogP contribution in [0.5, 0.6) is 11.5 Å². The summed E-state index contributed by atoms with van der Waals surface area (Å²) in [6.07, 6.45) is 0. The molecule has 0 unspecified atom stereocenters. The van der Waals surface area contributed by atoms with E-state index in [1.165, 1.54) is 0 Å². The van der Waals surface area contributed by atoms with Gasteiger partial charge in [-0.2, -0.15) is 0 Å². The Labute approximate surface area is 163 Å². The van der Waals surface area contributed by atoms with Gasteiger partial charge in [0.2, 0.25) is 0 Å². The third-order valence-corrected chi connectivity index (χ3v) is 4.80. The number of carbonyl (C=O) groups is 2. The lowest BCUT2D eigenvalue weighted by atomic mass is 10.1. The molecule has 2 aromatic rings. The van der Waals surface area contributed by atoms with E-state index in [1.807, 2.05) is 0 Å². The van der Waals surface area contributed by atoms with Gasteiger partial charge in [-0.15, -0.1) is 0 Å². The number of ether oxygens (including phenoxy) is 2. The normalized spacial score (nSPS) is 14.0. The Morgan fingerprint density at radius 3 is 1.67 bits per heavy atom. The minimum absolute atomic E-state index is 0.0539.